The van der Waals surface area contributed by atoms with Crippen molar-refractivity contribution in [2.45, 2.75) is 71.4 Å². The first kappa shape index (κ1) is 13.5. The second-order valence-electron chi connectivity index (χ2n) is 3.92. The molecule has 0 spiro atoms. The maximum Gasteiger partial charge on any atom is 0.0686 e. The van der Waals surface area contributed by atoms with E-state index in [-0.39, 0.29) is 6.04 Å². The number of unbranched alkanes of at least 4 members (excludes halogenated alkanes) is 1. The van der Waals surface area contributed by atoms with Gasteiger partial charge in [0.15, 0.2) is 0 Å². The number of nitrogens with one attached hydrogen (secondary N) is 1. The summed E-state index contributed by atoms with van der Waals surface area (Å²) in [6.07, 6.45) is 12.8. The standard InChI is InChI=1S/C13H25N/c1-5-9-11-13(10-6-2)14-12(7-3)8-4/h3,12-14H,5-6,8-11H2,1-2,4H3. The van der Waals surface area contributed by atoms with Gasteiger partial charge in [-0.2, -0.15) is 0 Å². The van der Waals surface area contributed by atoms with Crippen LogP contribution in [0.2, 0.25) is 0 Å². The summed E-state index contributed by atoms with van der Waals surface area (Å²) in [5, 5.41) is 3.55. The SMILES string of the molecule is C#CC(CC)NC(CCC)CCCC. The van der Waals surface area contributed by atoms with Crippen LogP contribution in [0.5, 0.6) is 0 Å². The molecule has 0 rings (SSSR count). The molecule has 0 aliphatic carbocycles. The topological polar surface area (TPSA) is 12.0 Å². The molecular formula is C13H25N. The zero-order valence-corrected chi connectivity index (χ0v) is 9.97. The monoisotopic (exact) mass is 195 g/mol. The fourth-order valence-corrected chi connectivity index (χ4v) is 1.68. The first-order valence-electron chi connectivity index (χ1n) is 6.00. The molecule has 14 heavy (non-hydrogen) atoms. The van der Waals surface area contributed by atoms with E-state index < -0.39 is 0 Å². The second kappa shape index (κ2) is 9.09. The molecule has 82 valence electrons. The summed E-state index contributed by atoms with van der Waals surface area (Å²) < 4.78 is 0. The van der Waals surface area contributed by atoms with Gasteiger partial charge in [0.1, 0.15) is 0 Å². The van der Waals surface area contributed by atoms with Gasteiger partial charge in [-0.15, -0.1) is 6.42 Å². The summed E-state index contributed by atoms with van der Waals surface area (Å²) >= 11 is 0. The summed E-state index contributed by atoms with van der Waals surface area (Å²) in [6.45, 7) is 6.61. The molecule has 2 unspecified atom stereocenters. The predicted octanol–water partition coefficient (Wildman–Crippen LogP) is 3.35. The van der Waals surface area contributed by atoms with Crippen LogP contribution in [-0.2, 0) is 0 Å². The Balaban J connectivity index is 3.87. The lowest BCUT2D eigenvalue weighted by atomic mass is 10.0. The van der Waals surface area contributed by atoms with Gasteiger partial charge in [-0.05, 0) is 19.3 Å². The van der Waals surface area contributed by atoms with Crippen molar-refractivity contribution in [3.8, 4) is 12.3 Å². The molecule has 0 bridgehead atoms. The van der Waals surface area contributed by atoms with Crippen LogP contribution < -0.4 is 5.32 Å². The molecule has 0 radical (unpaired) electrons. The minimum Gasteiger partial charge on any atom is -0.301 e. The van der Waals surface area contributed by atoms with Gasteiger partial charge in [-0.1, -0.05) is 46.0 Å². The molecule has 0 amide bonds. The lowest BCUT2D eigenvalue weighted by molar-refractivity contribution is 0.408. The summed E-state index contributed by atoms with van der Waals surface area (Å²) in [6, 6.07) is 0.893. The van der Waals surface area contributed by atoms with Crippen LogP contribution in [0.15, 0.2) is 0 Å². The van der Waals surface area contributed by atoms with Gasteiger partial charge in [-0.3, -0.25) is 0 Å². The van der Waals surface area contributed by atoms with Crippen molar-refractivity contribution in [2.75, 3.05) is 0 Å². The van der Waals surface area contributed by atoms with E-state index in [9.17, 15) is 0 Å². The van der Waals surface area contributed by atoms with E-state index in [0.29, 0.717) is 6.04 Å². The van der Waals surface area contributed by atoms with Crippen LogP contribution in [0.4, 0.5) is 0 Å². The highest BCUT2D eigenvalue weighted by molar-refractivity contribution is 4.99. The number of hydrogen-bond acceptors (Lipinski definition) is 1. The van der Waals surface area contributed by atoms with Crippen molar-refractivity contribution in [1.29, 1.82) is 0 Å². The first-order valence-corrected chi connectivity index (χ1v) is 6.00. The molecule has 0 heterocycles. The summed E-state index contributed by atoms with van der Waals surface area (Å²) in [4.78, 5) is 0. The van der Waals surface area contributed by atoms with Crippen LogP contribution in [0, 0.1) is 12.3 Å². The minimum absolute atomic E-state index is 0.267. The Morgan fingerprint density at radius 2 is 1.86 bits per heavy atom. The lowest BCUT2D eigenvalue weighted by Crippen LogP contribution is -2.37. The zero-order chi connectivity index (χ0) is 10.8. The molecule has 0 aromatic rings. The number of rotatable bonds is 8. The van der Waals surface area contributed by atoms with Crippen molar-refractivity contribution in [1.82, 2.24) is 5.32 Å². The van der Waals surface area contributed by atoms with E-state index in [1.165, 1.54) is 32.1 Å². The Morgan fingerprint density at radius 3 is 2.29 bits per heavy atom. The summed E-state index contributed by atoms with van der Waals surface area (Å²) in [5.74, 6) is 2.81. The van der Waals surface area contributed by atoms with Crippen LogP contribution in [-0.4, -0.2) is 12.1 Å². The second-order valence-corrected chi connectivity index (χ2v) is 3.92. The fraction of sp³-hybridized carbons (Fsp3) is 0.846. The third kappa shape index (κ3) is 6.05. The van der Waals surface area contributed by atoms with Gasteiger partial charge < -0.3 is 5.32 Å². The van der Waals surface area contributed by atoms with Gasteiger partial charge in [0.25, 0.3) is 0 Å². The largest absolute Gasteiger partial charge is 0.301 e. The molecule has 2 atom stereocenters. The maximum atomic E-state index is 5.44. The van der Waals surface area contributed by atoms with Crippen molar-refractivity contribution in [3.05, 3.63) is 0 Å². The zero-order valence-electron chi connectivity index (χ0n) is 9.97. The molecule has 0 aliphatic heterocycles. The molecule has 1 nitrogen and oxygen atoms in total. The normalized spacial score (nSPS) is 14.7. The average molecular weight is 195 g/mol. The Labute approximate surface area is 89.7 Å². The molecule has 1 heteroatoms. The highest BCUT2D eigenvalue weighted by Crippen LogP contribution is 2.08. The fourth-order valence-electron chi connectivity index (χ4n) is 1.68. The quantitative estimate of drug-likeness (QED) is 0.586. The van der Waals surface area contributed by atoms with Gasteiger partial charge in [-0.25, -0.2) is 0 Å². The van der Waals surface area contributed by atoms with Gasteiger partial charge >= 0.3 is 0 Å². The maximum absolute atomic E-state index is 5.44. The minimum atomic E-state index is 0.267. The summed E-state index contributed by atoms with van der Waals surface area (Å²) in [5.41, 5.74) is 0. The molecule has 1 N–H and O–H groups in total. The highest BCUT2D eigenvalue weighted by atomic mass is 14.9. The van der Waals surface area contributed by atoms with Crippen molar-refractivity contribution < 1.29 is 0 Å². The Kier molecular flexibility index (Phi) is 8.78. The van der Waals surface area contributed by atoms with E-state index in [2.05, 4.69) is 32.0 Å². The number of hydrogen-bond donors (Lipinski definition) is 1. The smallest absolute Gasteiger partial charge is 0.0686 e. The van der Waals surface area contributed by atoms with Crippen LogP contribution in [0.3, 0.4) is 0 Å². The van der Waals surface area contributed by atoms with Crippen LogP contribution >= 0.6 is 0 Å². The van der Waals surface area contributed by atoms with Gasteiger partial charge in [0.2, 0.25) is 0 Å². The molecule has 0 aromatic carbocycles. The lowest BCUT2D eigenvalue weighted by Gasteiger charge is -2.21. The molecule has 0 saturated heterocycles. The van der Waals surface area contributed by atoms with Crippen molar-refractivity contribution in [2.24, 2.45) is 0 Å². The molecule has 0 saturated carbocycles. The third-order valence-corrected chi connectivity index (χ3v) is 2.59. The third-order valence-electron chi connectivity index (χ3n) is 2.59. The Hall–Kier alpha value is -0.480. The van der Waals surface area contributed by atoms with Crippen LogP contribution in [0.25, 0.3) is 0 Å². The van der Waals surface area contributed by atoms with E-state index in [1.54, 1.807) is 0 Å². The highest BCUT2D eigenvalue weighted by Gasteiger charge is 2.10. The van der Waals surface area contributed by atoms with E-state index >= 15 is 0 Å². The van der Waals surface area contributed by atoms with E-state index in [4.69, 9.17) is 6.42 Å². The van der Waals surface area contributed by atoms with Gasteiger partial charge in [0, 0.05) is 6.04 Å². The molecular weight excluding hydrogens is 170 g/mol. The Bertz CT molecular complexity index is 157. The molecule has 0 fully saturated rings. The van der Waals surface area contributed by atoms with Crippen molar-refractivity contribution in [3.63, 3.8) is 0 Å². The van der Waals surface area contributed by atoms with Crippen molar-refractivity contribution >= 4 is 0 Å². The number of terminal acetylenes is 1. The molecule has 0 aromatic heterocycles. The van der Waals surface area contributed by atoms with Crippen LogP contribution in [0.1, 0.15) is 59.3 Å². The first-order chi connectivity index (χ1) is 6.78. The van der Waals surface area contributed by atoms with Gasteiger partial charge in [0.05, 0.1) is 6.04 Å². The Morgan fingerprint density at radius 1 is 1.14 bits per heavy atom. The molecule has 0 aliphatic rings. The summed E-state index contributed by atoms with van der Waals surface area (Å²) in [7, 11) is 0. The van der Waals surface area contributed by atoms with E-state index in [0.717, 1.165) is 6.42 Å². The van der Waals surface area contributed by atoms with E-state index in [1.807, 2.05) is 0 Å². The average Bonchev–Trinajstić information content (AvgIpc) is 2.22. The predicted molar refractivity (Wildman–Crippen MR) is 64.3 cm³/mol.